The Morgan fingerprint density at radius 1 is 1.36 bits per heavy atom. The third-order valence-electron chi connectivity index (χ3n) is 3.88. The van der Waals surface area contributed by atoms with Crippen LogP contribution >= 0.6 is 0 Å². The second-order valence-corrected chi connectivity index (χ2v) is 5.24. The Balaban J connectivity index is 1.93. The molecule has 14 heavy (non-hydrogen) atoms. The Bertz CT molecular complexity index is 189. The van der Waals surface area contributed by atoms with E-state index >= 15 is 0 Å². The molecule has 2 heteroatoms. The van der Waals surface area contributed by atoms with Gasteiger partial charge in [-0.25, -0.2) is 0 Å². The first kappa shape index (κ1) is 10.4. The molecule has 1 heterocycles. The van der Waals surface area contributed by atoms with Crippen LogP contribution in [-0.4, -0.2) is 18.2 Å². The SMILES string of the molecule is CC1CCC2(CCCC(CCN)O2)C1. The van der Waals surface area contributed by atoms with E-state index in [1.54, 1.807) is 0 Å². The highest BCUT2D eigenvalue weighted by atomic mass is 16.5. The van der Waals surface area contributed by atoms with Crippen LogP contribution in [0.15, 0.2) is 0 Å². The second kappa shape index (κ2) is 4.19. The predicted molar refractivity (Wildman–Crippen MR) is 58.1 cm³/mol. The molecule has 3 atom stereocenters. The van der Waals surface area contributed by atoms with Crippen LogP contribution in [0.3, 0.4) is 0 Å². The summed E-state index contributed by atoms with van der Waals surface area (Å²) >= 11 is 0. The highest BCUT2D eigenvalue weighted by Crippen LogP contribution is 2.44. The van der Waals surface area contributed by atoms with Crippen LogP contribution in [0.4, 0.5) is 0 Å². The van der Waals surface area contributed by atoms with Gasteiger partial charge in [-0.15, -0.1) is 0 Å². The van der Waals surface area contributed by atoms with Crippen LogP contribution < -0.4 is 5.73 Å². The van der Waals surface area contributed by atoms with Crippen LogP contribution in [0, 0.1) is 5.92 Å². The van der Waals surface area contributed by atoms with Crippen molar-refractivity contribution in [3.63, 3.8) is 0 Å². The summed E-state index contributed by atoms with van der Waals surface area (Å²) in [6, 6.07) is 0. The van der Waals surface area contributed by atoms with Crippen molar-refractivity contribution in [1.29, 1.82) is 0 Å². The summed E-state index contributed by atoms with van der Waals surface area (Å²) in [6.07, 6.45) is 9.30. The molecule has 0 radical (unpaired) electrons. The maximum Gasteiger partial charge on any atom is 0.0689 e. The van der Waals surface area contributed by atoms with E-state index in [2.05, 4.69) is 6.92 Å². The molecule has 2 rings (SSSR count). The minimum Gasteiger partial charge on any atom is -0.372 e. The molecule has 2 fully saturated rings. The Morgan fingerprint density at radius 2 is 2.21 bits per heavy atom. The lowest BCUT2D eigenvalue weighted by atomic mass is 9.88. The van der Waals surface area contributed by atoms with Crippen molar-refractivity contribution >= 4 is 0 Å². The van der Waals surface area contributed by atoms with Gasteiger partial charge in [0.05, 0.1) is 11.7 Å². The van der Waals surface area contributed by atoms with Gasteiger partial charge < -0.3 is 10.5 Å². The average molecular weight is 197 g/mol. The molecular weight excluding hydrogens is 174 g/mol. The van der Waals surface area contributed by atoms with Crippen molar-refractivity contribution < 1.29 is 4.74 Å². The first-order chi connectivity index (χ1) is 6.74. The predicted octanol–water partition coefficient (Wildman–Crippen LogP) is 2.46. The Hall–Kier alpha value is -0.0800. The van der Waals surface area contributed by atoms with Crippen molar-refractivity contribution in [3.05, 3.63) is 0 Å². The Kier molecular flexibility index (Phi) is 3.13. The zero-order valence-electron chi connectivity index (χ0n) is 9.30. The zero-order chi connectivity index (χ0) is 10.0. The van der Waals surface area contributed by atoms with Crippen LogP contribution in [0.1, 0.15) is 51.9 Å². The van der Waals surface area contributed by atoms with E-state index in [0.29, 0.717) is 6.10 Å². The topological polar surface area (TPSA) is 35.2 Å². The quantitative estimate of drug-likeness (QED) is 0.738. The molecule has 3 unspecified atom stereocenters. The standard InChI is InChI=1S/C12H23NO/c1-10-4-7-12(9-10)6-2-3-11(14-12)5-8-13/h10-11H,2-9,13H2,1H3. The van der Waals surface area contributed by atoms with E-state index in [0.717, 1.165) is 18.9 Å². The van der Waals surface area contributed by atoms with E-state index in [4.69, 9.17) is 10.5 Å². The monoisotopic (exact) mass is 197 g/mol. The molecule has 2 aliphatic rings. The molecule has 2 N–H and O–H groups in total. The maximum atomic E-state index is 6.27. The Morgan fingerprint density at radius 3 is 2.86 bits per heavy atom. The van der Waals surface area contributed by atoms with E-state index in [1.807, 2.05) is 0 Å². The summed E-state index contributed by atoms with van der Waals surface area (Å²) in [4.78, 5) is 0. The fourth-order valence-corrected chi connectivity index (χ4v) is 3.20. The molecule has 1 saturated heterocycles. The van der Waals surface area contributed by atoms with E-state index in [9.17, 15) is 0 Å². The van der Waals surface area contributed by atoms with Gasteiger partial charge in [0.2, 0.25) is 0 Å². The molecule has 2 nitrogen and oxygen atoms in total. The number of hydrogen-bond acceptors (Lipinski definition) is 2. The normalized spacial score (nSPS) is 43.3. The molecule has 0 amide bonds. The lowest BCUT2D eigenvalue weighted by Gasteiger charge is -2.39. The third-order valence-corrected chi connectivity index (χ3v) is 3.88. The summed E-state index contributed by atoms with van der Waals surface area (Å²) in [5.41, 5.74) is 5.86. The summed E-state index contributed by atoms with van der Waals surface area (Å²) in [6.45, 7) is 3.13. The summed E-state index contributed by atoms with van der Waals surface area (Å²) in [5, 5.41) is 0. The van der Waals surface area contributed by atoms with Gasteiger partial charge in [-0.05, 0) is 57.4 Å². The highest BCUT2D eigenvalue weighted by molar-refractivity contribution is 4.93. The molecule has 82 valence electrons. The number of rotatable bonds is 2. The highest BCUT2D eigenvalue weighted by Gasteiger charge is 2.41. The van der Waals surface area contributed by atoms with E-state index in [1.165, 1.54) is 38.5 Å². The third kappa shape index (κ3) is 2.12. The van der Waals surface area contributed by atoms with E-state index in [-0.39, 0.29) is 5.60 Å². The van der Waals surface area contributed by atoms with Gasteiger partial charge in [0.1, 0.15) is 0 Å². The summed E-state index contributed by atoms with van der Waals surface area (Å²) in [5.74, 6) is 0.867. The number of nitrogens with two attached hydrogens (primary N) is 1. The van der Waals surface area contributed by atoms with Gasteiger partial charge in [-0.1, -0.05) is 6.92 Å². The largest absolute Gasteiger partial charge is 0.372 e. The molecular formula is C12H23NO. The molecule has 1 aliphatic heterocycles. The van der Waals surface area contributed by atoms with E-state index < -0.39 is 0 Å². The van der Waals surface area contributed by atoms with Gasteiger partial charge in [-0.3, -0.25) is 0 Å². The zero-order valence-corrected chi connectivity index (χ0v) is 9.30. The molecule has 1 saturated carbocycles. The fourth-order valence-electron chi connectivity index (χ4n) is 3.20. The first-order valence-corrected chi connectivity index (χ1v) is 6.12. The van der Waals surface area contributed by atoms with Gasteiger partial charge in [0.15, 0.2) is 0 Å². The van der Waals surface area contributed by atoms with Crippen molar-refractivity contribution in [1.82, 2.24) is 0 Å². The second-order valence-electron chi connectivity index (χ2n) is 5.24. The van der Waals surface area contributed by atoms with Crippen LogP contribution in [0.5, 0.6) is 0 Å². The van der Waals surface area contributed by atoms with Crippen LogP contribution in [0.2, 0.25) is 0 Å². The molecule has 1 spiro atoms. The lowest BCUT2D eigenvalue weighted by molar-refractivity contribution is -0.127. The molecule has 0 aromatic carbocycles. The van der Waals surface area contributed by atoms with Crippen molar-refractivity contribution in [2.45, 2.75) is 63.6 Å². The minimum atomic E-state index is 0.261. The Labute approximate surface area is 87.2 Å². The van der Waals surface area contributed by atoms with Crippen molar-refractivity contribution in [3.8, 4) is 0 Å². The van der Waals surface area contributed by atoms with Gasteiger partial charge >= 0.3 is 0 Å². The molecule has 0 bridgehead atoms. The molecule has 0 aromatic heterocycles. The maximum absolute atomic E-state index is 6.27. The molecule has 1 aliphatic carbocycles. The minimum absolute atomic E-state index is 0.261. The average Bonchev–Trinajstić information content (AvgIpc) is 2.48. The van der Waals surface area contributed by atoms with Gasteiger partial charge in [0.25, 0.3) is 0 Å². The molecule has 0 aromatic rings. The van der Waals surface area contributed by atoms with Gasteiger partial charge in [-0.2, -0.15) is 0 Å². The smallest absolute Gasteiger partial charge is 0.0689 e. The van der Waals surface area contributed by atoms with Crippen molar-refractivity contribution in [2.75, 3.05) is 6.54 Å². The van der Waals surface area contributed by atoms with Crippen LogP contribution in [-0.2, 0) is 4.74 Å². The van der Waals surface area contributed by atoms with Crippen LogP contribution in [0.25, 0.3) is 0 Å². The summed E-state index contributed by atoms with van der Waals surface area (Å²) < 4.78 is 6.27. The van der Waals surface area contributed by atoms with Gasteiger partial charge in [0, 0.05) is 0 Å². The number of ether oxygens (including phenoxy) is 1. The summed E-state index contributed by atoms with van der Waals surface area (Å²) in [7, 11) is 0. The first-order valence-electron chi connectivity index (χ1n) is 6.12. The number of hydrogen-bond donors (Lipinski definition) is 1. The lowest BCUT2D eigenvalue weighted by Crippen LogP contribution is -2.39. The van der Waals surface area contributed by atoms with Crippen molar-refractivity contribution in [2.24, 2.45) is 11.7 Å². The fraction of sp³-hybridized carbons (Fsp3) is 1.00.